The van der Waals surface area contributed by atoms with Crippen LogP contribution in [0.2, 0.25) is 0 Å². The van der Waals surface area contributed by atoms with Crippen molar-refractivity contribution in [3.8, 4) is 5.75 Å². The summed E-state index contributed by atoms with van der Waals surface area (Å²) in [5.74, 6) is 0.498. The Kier molecular flexibility index (Phi) is 5.56. The highest BCUT2D eigenvalue weighted by Crippen LogP contribution is 2.24. The molecule has 0 aliphatic heterocycles. The third-order valence-corrected chi connectivity index (χ3v) is 3.02. The summed E-state index contributed by atoms with van der Waals surface area (Å²) in [5.41, 5.74) is 6.21. The summed E-state index contributed by atoms with van der Waals surface area (Å²) in [6.07, 6.45) is 0.715. The van der Waals surface area contributed by atoms with Crippen LogP contribution < -0.4 is 10.5 Å². The number of benzene rings is 1. The maximum Gasteiger partial charge on any atom is 0.131 e. The number of aliphatic hydroxyl groups excluding tert-OH is 1. The summed E-state index contributed by atoms with van der Waals surface area (Å²) in [6.45, 7) is 4.15. The molecule has 0 aromatic heterocycles. The number of hydrogen-bond donors (Lipinski definition) is 2. The van der Waals surface area contributed by atoms with Crippen LogP contribution in [-0.4, -0.2) is 18.3 Å². The summed E-state index contributed by atoms with van der Waals surface area (Å²) in [6, 6.07) is 3.80. The Balaban J connectivity index is 2.73. The van der Waals surface area contributed by atoms with E-state index in [-0.39, 0.29) is 0 Å². The molecule has 4 heteroatoms. The Labute approximate surface area is 108 Å². The molecule has 3 nitrogen and oxygen atoms in total. The van der Waals surface area contributed by atoms with E-state index >= 15 is 0 Å². The fourth-order valence-corrected chi connectivity index (χ4v) is 1.80. The van der Waals surface area contributed by atoms with Crippen molar-refractivity contribution in [3.05, 3.63) is 29.6 Å². The second kappa shape index (κ2) is 6.71. The second-order valence-corrected chi connectivity index (χ2v) is 4.95. The molecule has 18 heavy (non-hydrogen) atoms. The average molecular weight is 255 g/mol. The minimum absolute atomic E-state index is 0.326. The van der Waals surface area contributed by atoms with E-state index in [1.807, 2.05) is 0 Å². The number of rotatable bonds is 6. The molecule has 1 aromatic carbocycles. The van der Waals surface area contributed by atoms with Crippen molar-refractivity contribution in [3.63, 3.8) is 0 Å². The molecule has 0 unspecified atom stereocenters. The number of ether oxygens (including phenoxy) is 1. The van der Waals surface area contributed by atoms with Gasteiger partial charge in [0.25, 0.3) is 0 Å². The van der Waals surface area contributed by atoms with Crippen LogP contribution in [0.4, 0.5) is 4.39 Å². The van der Waals surface area contributed by atoms with Gasteiger partial charge in [0.05, 0.1) is 19.3 Å². The van der Waals surface area contributed by atoms with Gasteiger partial charge in [-0.1, -0.05) is 19.9 Å². The smallest absolute Gasteiger partial charge is 0.131 e. The monoisotopic (exact) mass is 255 g/mol. The SMILES string of the molecule is COc1ccc([C@H](N)[C@H](O)CCC(C)C)c(F)c1. The molecule has 0 spiro atoms. The van der Waals surface area contributed by atoms with Gasteiger partial charge >= 0.3 is 0 Å². The molecule has 3 N–H and O–H groups in total. The number of methoxy groups -OCH3 is 1. The zero-order chi connectivity index (χ0) is 13.7. The zero-order valence-electron chi connectivity index (χ0n) is 11.2. The zero-order valence-corrected chi connectivity index (χ0v) is 11.2. The Hall–Kier alpha value is -1.13. The maximum atomic E-state index is 13.8. The molecule has 102 valence electrons. The molecular weight excluding hydrogens is 233 g/mol. The summed E-state index contributed by atoms with van der Waals surface area (Å²) in [4.78, 5) is 0. The average Bonchev–Trinajstić information content (AvgIpc) is 2.34. The number of hydrogen-bond acceptors (Lipinski definition) is 3. The van der Waals surface area contributed by atoms with Gasteiger partial charge in [0.15, 0.2) is 0 Å². The Bertz CT molecular complexity index is 382. The number of nitrogens with two attached hydrogens (primary N) is 1. The largest absolute Gasteiger partial charge is 0.497 e. The van der Waals surface area contributed by atoms with Crippen LogP contribution in [0.3, 0.4) is 0 Å². The van der Waals surface area contributed by atoms with E-state index in [0.29, 0.717) is 23.7 Å². The van der Waals surface area contributed by atoms with Gasteiger partial charge in [0.2, 0.25) is 0 Å². The lowest BCUT2D eigenvalue weighted by molar-refractivity contribution is 0.127. The molecule has 0 amide bonds. The van der Waals surface area contributed by atoms with Crippen LogP contribution in [0.15, 0.2) is 18.2 Å². The molecule has 0 saturated carbocycles. The molecule has 0 bridgehead atoms. The second-order valence-electron chi connectivity index (χ2n) is 4.95. The van der Waals surface area contributed by atoms with Crippen molar-refractivity contribution in [1.82, 2.24) is 0 Å². The number of halogens is 1. The quantitative estimate of drug-likeness (QED) is 0.821. The Morgan fingerprint density at radius 3 is 2.50 bits per heavy atom. The molecule has 0 heterocycles. The molecule has 0 saturated heterocycles. The topological polar surface area (TPSA) is 55.5 Å². The molecule has 1 rings (SSSR count). The van der Waals surface area contributed by atoms with Crippen LogP contribution >= 0.6 is 0 Å². The summed E-state index contributed by atoms with van der Waals surface area (Å²) in [7, 11) is 1.48. The minimum atomic E-state index is -0.727. The minimum Gasteiger partial charge on any atom is -0.497 e. The maximum absolute atomic E-state index is 13.8. The van der Waals surface area contributed by atoms with E-state index in [4.69, 9.17) is 10.5 Å². The van der Waals surface area contributed by atoms with Crippen LogP contribution in [0.1, 0.15) is 38.3 Å². The lowest BCUT2D eigenvalue weighted by Crippen LogP contribution is -2.27. The third-order valence-electron chi connectivity index (χ3n) is 3.02. The first-order chi connectivity index (χ1) is 8.45. The lowest BCUT2D eigenvalue weighted by atomic mass is 9.95. The normalized spacial score (nSPS) is 14.6. The fourth-order valence-electron chi connectivity index (χ4n) is 1.80. The summed E-state index contributed by atoms with van der Waals surface area (Å²) >= 11 is 0. The van der Waals surface area contributed by atoms with Gasteiger partial charge in [-0.25, -0.2) is 4.39 Å². The van der Waals surface area contributed by atoms with Gasteiger partial charge in [-0.05, 0) is 24.8 Å². The molecule has 0 fully saturated rings. The van der Waals surface area contributed by atoms with Gasteiger partial charge < -0.3 is 15.6 Å². The van der Waals surface area contributed by atoms with Crippen LogP contribution in [0.25, 0.3) is 0 Å². The van der Waals surface area contributed by atoms with Crippen molar-refractivity contribution >= 4 is 0 Å². The van der Waals surface area contributed by atoms with Crippen molar-refractivity contribution in [1.29, 1.82) is 0 Å². The predicted molar refractivity (Wildman–Crippen MR) is 70.0 cm³/mol. The molecule has 0 aliphatic rings. The summed E-state index contributed by atoms with van der Waals surface area (Å²) < 4.78 is 18.7. The summed E-state index contributed by atoms with van der Waals surface area (Å²) in [5, 5.41) is 9.95. The van der Waals surface area contributed by atoms with Crippen molar-refractivity contribution in [2.75, 3.05) is 7.11 Å². The van der Waals surface area contributed by atoms with Crippen molar-refractivity contribution < 1.29 is 14.2 Å². The molecule has 1 aromatic rings. The van der Waals surface area contributed by atoms with E-state index in [1.54, 1.807) is 12.1 Å². The van der Waals surface area contributed by atoms with E-state index < -0.39 is 18.0 Å². The Morgan fingerprint density at radius 1 is 1.33 bits per heavy atom. The van der Waals surface area contributed by atoms with Crippen LogP contribution in [0.5, 0.6) is 5.75 Å². The van der Waals surface area contributed by atoms with E-state index in [0.717, 1.165) is 6.42 Å². The van der Waals surface area contributed by atoms with E-state index in [9.17, 15) is 9.50 Å². The fraction of sp³-hybridized carbons (Fsp3) is 0.571. The van der Waals surface area contributed by atoms with Gasteiger partial charge in [-0.15, -0.1) is 0 Å². The van der Waals surface area contributed by atoms with Gasteiger partial charge in [-0.2, -0.15) is 0 Å². The molecule has 0 aliphatic carbocycles. The van der Waals surface area contributed by atoms with Gasteiger partial charge in [-0.3, -0.25) is 0 Å². The first-order valence-electron chi connectivity index (χ1n) is 6.22. The van der Waals surface area contributed by atoms with Crippen molar-refractivity contribution in [2.45, 2.75) is 38.8 Å². The molecular formula is C14H22FNO2. The third kappa shape index (κ3) is 3.96. The number of aliphatic hydroxyl groups is 1. The van der Waals surface area contributed by atoms with Crippen molar-refractivity contribution in [2.24, 2.45) is 11.7 Å². The Morgan fingerprint density at radius 2 is 2.00 bits per heavy atom. The first kappa shape index (κ1) is 14.9. The molecule has 2 atom stereocenters. The predicted octanol–water partition coefficient (Wildman–Crippen LogP) is 2.63. The first-order valence-corrected chi connectivity index (χ1v) is 6.22. The highest BCUT2D eigenvalue weighted by Gasteiger charge is 2.20. The molecule has 0 radical (unpaired) electrons. The highest BCUT2D eigenvalue weighted by molar-refractivity contribution is 5.31. The lowest BCUT2D eigenvalue weighted by Gasteiger charge is -2.20. The van der Waals surface area contributed by atoms with Gasteiger partial charge in [0.1, 0.15) is 11.6 Å². The van der Waals surface area contributed by atoms with Crippen LogP contribution in [-0.2, 0) is 0 Å². The van der Waals surface area contributed by atoms with E-state index in [1.165, 1.54) is 13.2 Å². The van der Waals surface area contributed by atoms with E-state index in [2.05, 4.69) is 13.8 Å². The standard InChI is InChI=1S/C14H22FNO2/c1-9(2)4-7-13(17)14(16)11-6-5-10(18-3)8-12(11)15/h5-6,8-9,13-14,17H,4,7,16H2,1-3H3/t13-,14+/m1/s1. The highest BCUT2D eigenvalue weighted by atomic mass is 19.1. The van der Waals surface area contributed by atoms with Crippen LogP contribution in [0, 0.1) is 11.7 Å². The van der Waals surface area contributed by atoms with Gasteiger partial charge in [0, 0.05) is 11.6 Å².